The van der Waals surface area contributed by atoms with Gasteiger partial charge in [-0.05, 0) is 54.5 Å². The number of para-hydroxylation sites is 1. The van der Waals surface area contributed by atoms with E-state index in [1.165, 1.54) is 6.08 Å². The van der Waals surface area contributed by atoms with Gasteiger partial charge in [0.05, 0.1) is 6.61 Å². The van der Waals surface area contributed by atoms with Crippen LogP contribution in [-0.4, -0.2) is 12.5 Å². The predicted octanol–water partition coefficient (Wildman–Crippen LogP) is 6.53. The molecule has 0 spiro atoms. The summed E-state index contributed by atoms with van der Waals surface area (Å²) in [6.07, 6.45) is 1.99. The summed E-state index contributed by atoms with van der Waals surface area (Å²) in [6, 6.07) is 21.9. The quantitative estimate of drug-likeness (QED) is 0.328. The molecule has 1 amide bonds. The van der Waals surface area contributed by atoms with E-state index in [2.05, 4.69) is 5.32 Å². The summed E-state index contributed by atoms with van der Waals surface area (Å²) in [5.74, 6) is 0.0878. The summed E-state index contributed by atoms with van der Waals surface area (Å²) in [4.78, 5) is 12.5. The van der Waals surface area contributed by atoms with Crippen molar-refractivity contribution in [2.45, 2.75) is 13.3 Å². The van der Waals surface area contributed by atoms with Crippen LogP contribution in [0.25, 0.3) is 6.08 Å². The SMILES string of the molecule is CCOc1cc(/C=C(\C#N)C(=O)Nc2ccccc2)cc(Cl)c1Cc1ccccc1Cl. The fourth-order valence-electron chi connectivity index (χ4n) is 3.04. The fraction of sp³-hybridized carbons (Fsp3) is 0.120. The van der Waals surface area contributed by atoms with E-state index in [-0.39, 0.29) is 5.57 Å². The molecule has 0 aliphatic heterocycles. The van der Waals surface area contributed by atoms with Crippen LogP contribution in [0.2, 0.25) is 10.0 Å². The number of nitriles is 1. The van der Waals surface area contributed by atoms with Gasteiger partial charge < -0.3 is 10.1 Å². The first-order valence-electron chi connectivity index (χ1n) is 9.68. The molecular formula is C25H20Cl2N2O2. The van der Waals surface area contributed by atoms with E-state index in [0.717, 1.165) is 11.1 Å². The van der Waals surface area contributed by atoms with E-state index in [9.17, 15) is 10.1 Å². The highest BCUT2D eigenvalue weighted by atomic mass is 35.5. The van der Waals surface area contributed by atoms with Crippen molar-refractivity contribution in [3.8, 4) is 11.8 Å². The van der Waals surface area contributed by atoms with Gasteiger partial charge in [-0.2, -0.15) is 5.26 Å². The second kappa shape index (κ2) is 10.7. The van der Waals surface area contributed by atoms with Gasteiger partial charge in [-0.15, -0.1) is 0 Å². The minimum absolute atomic E-state index is 0.0405. The topological polar surface area (TPSA) is 62.1 Å². The molecule has 0 aliphatic rings. The van der Waals surface area contributed by atoms with Crippen LogP contribution < -0.4 is 10.1 Å². The molecule has 4 nitrogen and oxygen atoms in total. The van der Waals surface area contributed by atoms with E-state index in [1.54, 1.807) is 36.4 Å². The Morgan fingerprint density at radius 2 is 1.77 bits per heavy atom. The lowest BCUT2D eigenvalue weighted by Crippen LogP contribution is -2.13. The number of halogens is 2. The van der Waals surface area contributed by atoms with Crippen molar-refractivity contribution in [1.82, 2.24) is 0 Å². The van der Waals surface area contributed by atoms with Gasteiger partial charge in [0.25, 0.3) is 5.91 Å². The van der Waals surface area contributed by atoms with Crippen molar-refractivity contribution < 1.29 is 9.53 Å². The van der Waals surface area contributed by atoms with Gasteiger partial charge in [0, 0.05) is 27.7 Å². The van der Waals surface area contributed by atoms with Crippen LogP contribution in [-0.2, 0) is 11.2 Å². The summed E-state index contributed by atoms with van der Waals surface area (Å²) < 4.78 is 5.80. The number of hydrogen-bond acceptors (Lipinski definition) is 3. The Kier molecular flexibility index (Phi) is 7.72. The van der Waals surface area contributed by atoms with Gasteiger partial charge in [0.15, 0.2) is 0 Å². The van der Waals surface area contributed by atoms with Crippen LogP contribution in [0, 0.1) is 11.3 Å². The Morgan fingerprint density at radius 1 is 1.06 bits per heavy atom. The average molecular weight is 451 g/mol. The number of nitrogens with one attached hydrogen (secondary N) is 1. The van der Waals surface area contributed by atoms with Crippen molar-refractivity contribution in [2.24, 2.45) is 0 Å². The average Bonchev–Trinajstić information content (AvgIpc) is 2.76. The highest BCUT2D eigenvalue weighted by Crippen LogP contribution is 2.33. The Bertz CT molecular complexity index is 1150. The molecule has 1 N–H and O–H groups in total. The molecule has 0 heterocycles. The molecule has 3 rings (SSSR count). The number of benzene rings is 3. The number of rotatable bonds is 7. The molecule has 3 aromatic rings. The predicted molar refractivity (Wildman–Crippen MR) is 126 cm³/mol. The molecule has 0 aliphatic carbocycles. The smallest absolute Gasteiger partial charge is 0.266 e. The highest BCUT2D eigenvalue weighted by molar-refractivity contribution is 6.32. The second-order valence-electron chi connectivity index (χ2n) is 6.67. The number of nitrogens with zero attached hydrogens (tertiary/aromatic N) is 1. The number of amides is 1. The lowest BCUT2D eigenvalue weighted by atomic mass is 10.0. The van der Waals surface area contributed by atoms with Crippen molar-refractivity contribution in [3.05, 3.63) is 99.0 Å². The maximum atomic E-state index is 12.5. The zero-order chi connectivity index (χ0) is 22.2. The first-order valence-corrected chi connectivity index (χ1v) is 10.4. The molecule has 0 saturated carbocycles. The number of hydrogen-bond donors (Lipinski definition) is 1. The van der Waals surface area contributed by atoms with Crippen molar-refractivity contribution in [2.75, 3.05) is 11.9 Å². The monoisotopic (exact) mass is 450 g/mol. The zero-order valence-corrected chi connectivity index (χ0v) is 18.4. The van der Waals surface area contributed by atoms with Crippen molar-refractivity contribution >= 4 is 40.9 Å². The first kappa shape index (κ1) is 22.4. The molecule has 0 atom stereocenters. The summed E-state index contributed by atoms with van der Waals surface area (Å²) in [5.41, 5.74) is 2.88. The van der Waals surface area contributed by atoms with E-state index in [0.29, 0.717) is 40.1 Å². The molecular weight excluding hydrogens is 431 g/mol. The van der Waals surface area contributed by atoms with E-state index >= 15 is 0 Å². The molecule has 3 aromatic carbocycles. The number of carbonyl (C=O) groups excluding carboxylic acids is 1. The largest absolute Gasteiger partial charge is 0.494 e. The van der Waals surface area contributed by atoms with Crippen molar-refractivity contribution in [1.29, 1.82) is 5.26 Å². The Labute approximate surface area is 191 Å². The molecule has 156 valence electrons. The van der Waals surface area contributed by atoms with Crippen LogP contribution in [0.15, 0.2) is 72.3 Å². The molecule has 0 radical (unpaired) electrons. The third-order valence-corrected chi connectivity index (χ3v) is 5.22. The Hall–Kier alpha value is -3.26. The zero-order valence-electron chi connectivity index (χ0n) is 16.9. The molecule has 0 saturated heterocycles. The van der Waals surface area contributed by atoms with E-state index in [1.807, 2.05) is 43.3 Å². The summed E-state index contributed by atoms with van der Waals surface area (Å²) in [7, 11) is 0. The molecule has 0 unspecified atom stereocenters. The fourth-order valence-corrected chi connectivity index (χ4v) is 3.53. The van der Waals surface area contributed by atoms with Gasteiger partial charge in [-0.3, -0.25) is 4.79 Å². The minimum Gasteiger partial charge on any atom is -0.494 e. The molecule has 0 bridgehead atoms. The highest BCUT2D eigenvalue weighted by Gasteiger charge is 2.15. The minimum atomic E-state index is -0.497. The number of anilines is 1. The molecule has 0 fully saturated rings. The van der Waals surface area contributed by atoms with Gasteiger partial charge in [-0.1, -0.05) is 59.6 Å². The summed E-state index contributed by atoms with van der Waals surface area (Å²) in [6.45, 7) is 2.32. The molecule has 31 heavy (non-hydrogen) atoms. The Balaban J connectivity index is 1.93. The normalized spacial score (nSPS) is 11.0. The van der Waals surface area contributed by atoms with E-state index in [4.69, 9.17) is 27.9 Å². The standard InChI is InChI=1S/C25H20Cl2N2O2/c1-2-31-24-14-17(12-19(16-28)25(30)29-20-9-4-3-5-10-20)13-23(27)21(24)15-18-8-6-7-11-22(18)26/h3-14H,2,15H2,1H3,(H,29,30)/b19-12+. The molecule has 6 heteroatoms. The third-order valence-electron chi connectivity index (χ3n) is 4.51. The third kappa shape index (κ3) is 5.88. The maximum absolute atomic E-state index is 12.5. The van der Waals surface area contributed by atoms with Gasteiger partial charge in [0.1, 0.15) is 17.4 Å². The first-order chi connectivity index (χ1) is 15.0. The number of ether oxygens (including phenoxy) is 1. The number of carbonyl (C=O) groups is 1. The Morgan fingerprint density at radius 3 is 2.45 bits per heavy atom. The van der Waals surface area contributed by atoms with Crippen molar-refractivity contribution in [3.63, 3.8) is 0 Å². The van der Waals surface area contributed by atoms with Gasteiger partial charge in [-0.25, -0.2) is 0 Å². The molecule has 0 aromatic heterocycles. The lowest BCUT2D eigenvalue weighted by Gasteiger charge is -2.14. The maximum Gasteiger partial charge on any atom is 0.266 e. The second-order valence-corrected chi connectivity index (χ2v) is 7.48. The van der Waals surface area contributed by atoms with Gasteiger partial charge in [0.2, 0.25) is 0 Å². The lowest BCUT2D eigenvalue weighted by molar-refractivity contribution is -0.112. The summed E-state index contributed by atoms with van der Waals surface area (Å²) >= 11 is 12.9. The van der Waals surface area contributed by atoms with E-state index < -0.39 is 5.91 Å². The summed E-state index contributed by atoms with van der Waals surface area (Å²) in [5, 5.41) is 13.3. The van der Waals surface area contributed by atoms with Gasteiger partial charge >= 0.3 is 0 Å². The van der Waals surface area contributed by atoms with Crippen LogP contribution >= 0.6 is 23.2 Å². The van der Waals surface area contributed by atoms with Crippen LogP contribution in [0.3, 0.4) is 0 Å². The van der Waals surface area contributed by atoms with Crippen LogP contribution in [0.1, 0.15) is 23.6 Å². The van der Waals surface area contributed by atoms with Crippen LogP contribution in [0.5, 0.6) is 5.75 Å². The van der Waals surface area contributed by atoms with Crippen LogP contribution in [0.4, 0.5) is 5.69 Å².